The van der Waals surface area contributed by atoms with Gasteiger partial charge >= 0.3 is 0 Å². The summed E-state index contributed by atoms with van der Waals surface area (Å²) in [6, 6.07) is 4.92. The first-order chi connectivity index (χ1) is 13.4. The van der Waals surface area contributed by atoms with Gasteiger partial charge in [0.15, 0.2) is 0 Å². The Bertz CT molecular complexity index is 925. The Morgan fingerprint density at radius 2 is 1.96 bits per heavy atom. The van der Waals surface area contributed by atoms with Crippen LogP contribution in [0.5, 0.6) is 0 Å². The topological polar surface area (TPSA) is 96.6 Å². The van der Waals surface area contributed by atoms with Gasteiger partial charge in [-0.3, -0.25) is 9.78 Å². The van der Waals surface area contributed by atoms with E-state index in [0.29, 0.717) is 36.3 Å². The molecule has 7 nitrogen and oxygen atoms in total. The quantitative estimate of drug-likeness (QED) is 0.842. The van der Waals surface area contributed by atoms with Crippen LogP contribution in [0.1, 0.15) is 32.8 Å². The first-order valence-electron chi connectivity index (χ1n) is 9.69. The molecule has 0 aliphatic carbocycles. The Morgan fingerprint density at radius 3 is 2.64 bits per heavy atom. The average molecular weight is 407 g/mol. The van der Waals surface area contributed by atoms with Crippen molar-refractivity contribution in [3.63, 3.8) is 0 Å². The Labute approximate surface area is 167 Å². The standard InChI is InChI=1S/C18H24N4O3S.C2H6/c1-13-10-20-11-15-5-3-6-16(18(13)15)26(24,25)22-8-4-7-21(12-14(22)2)17(23)9-19;1-2/h3,5-6,10-11,14H,4,7-9,12,19H2,1-2H3;1-2H3/t14-;/m0./s1. The molecular weight excluding hydrogens is 376 g/mol. The molecule has 0 unspecified atom stereocenters. The number of hydrogen-bond acceptors (Lipinski definition) is 5. The van der Waals surface area contributed by atoms with Crippen LogP contribution in [0.4, 0.5) is 0 Å². The summed E-state index contributed by atoms with van der Waals surface area (Å²) in [4.78, 5) is 18.0. The lowest BCUT2D eigenvalue weighted by Crippen LogP contribution is -2.45. The molecule has 1 atom stereocenters. The maximum Gasteiger partial charge on any atom is 0.244 e. The van der Waals surface area contributed by atoms with E-state index in [1.165, 1.54) is 4.31 Å². The van der Waals surface area contributed by atoms with Gasteiger partial charge in [0.25, 0.3) is 0 Å². The Kier molecular flexibility index (Phi) is 7.51. The van der Waals surface area contributed by atoms with Crippen LogP contribution in [0.25, 0.3) is 10.8 Å². The maximum absolute atomic E-state index is 13.4. The van der Waals surface area contributed by atoms with Crippen molar-refractivity contribution in [1.82, 2.24) is 14.2 Å². The smallest absolute Gasteiger partial charge is 0.244 e. The predicted molar refractivity (Wildman–Crippen MR) is 111 cm³/mol. The third-order valence-electron chi connectivity index (χ3n) is 4.83. The normalized spacial score (nSPS) is 18.3. The number of pyridine rings is 1. The zero-order chi connectivity index (χ0) is 20.9. The van der Waals surface area contributed by atoms with Crippen molar-refractivity contribution in [2.45, 2.75) is 45.1 Å². The molecule has 1 aromatic heterocycles. The minimum atomic E-state index is -3.70. The minimum absolute atomic E-state index is 0.0605. The van der Waals surface area contributed by atoms with E-state index in [2.05, 4.69) is 4.98 Å². The van der Waals surface area contributed by atoms with Crippen LogP contribution < -0.4 is 5.73 Å². The molecule has 1 aliphatic rings. The van der Waals surface area contributed by atoms with Crippen molar-refractivity contribution in [1.29, 1.82) is 0 Å². The van der Waals surface area contributed by atoms with Gasteiger partial charge in [-0.25, -0.2) is 8.42 Å². The van der Waals surface area contributed by atoms with Crippen molar-refractivity contribution < 1.29 is 13.2 Å². The number of nitrogens with two attached hydrogens (primary N) is 1. The van der Waals surface area contributed by atoms with E-state index in [4.69, 9.17) is 5.73 Å². The molecule has 2 N–H and O–H groups in total. The largest absolute Gasteiger partial charge is 0.340 e. The van der Waals surface area contributed by atoms with Crippen LogP contribution in [0, 0.1) is 6.92 Å². The number of hydrogen-bond donors (Lipinski definition) is 1. The van der Waals surface area contributed by atoms with Crippen molar-refractivity contribution in [3.05, 3.63) is 36.2 Å². The van der Waals surface area contributed by atoms with Crippen LogP contribution in [0.2, 0.25) is 0 Å². The Balaban J connectivity index is 0.00000136. The summed E-state index contributed by atoms with van der Waals surface area (Å²) in [6.07, 6.45) is 3.93. The number of fused-ring (bicyclic) bond motifs is 1. The number of carbonyl (C=O) groups excluding carboxylic acids is 1. The van der Waals surface area contributed by atoms with Gasteiger partial charge in [-0.15, -0.1) is 0 Å². The lowest BCUT2D eigenvalue weighted by molar-refractivity contribution is -0.129. The van der Waals surface area contributed by atoms with Crippen LogP contribution in [-0.2, 0) is 14.8 Å². The van der Waals surface area contributed by atoms with E-state index >= 15 is 0 Å². The molecule has 154 valence electrons. The summed E-state index contributed by atoms with van der Waals surface area (Å²) < 4.78 is 28.4. The van der Waals surface area contributed by atoms with Gasteiger partial charge in [-0.1, -0.05) is 26.0 Å². The highest BCUT2D eigenvalue weighted by Gasteiger charge is 2.34. The molecule has 0 saturated carbocycles. The van der Waals surface area contributed by atoms with E-state index in [1.807, 2.05) is 33.8 Å². The zero-order valence-electron chi connectivity index (χ0n) is 17.1. The first kappa shape index (κ1) is 22.3. The van der Waals surface area contributed by atoms with Crippen LogP contribution in [-0.4, -0.2) is 60.7 Å². The fraction of sp³-hybridized carbons (Fsp3) is 0.500. The second kappa shape index (κ2) is 9.45. The van der Waals surface area contributed by atoms with Gasteiger partial charge in [0.05, 0.1) is 11.4 Å². The van der Waals surface area contributed by atoms with E-state index in [-0.39, 0.29) is 18.5 Å². The summed E-state index contributed by atoms with van der Waals surface area (Å²) in [5, 5.41) is 1.50. The van der Waals surface area contributed by atoms with Crippen molar-refractivity contribution in [2.75, 3.05) is 26.2 Å². The summed E-state index contributed by atoms with van der Waals surface area (Å²) >= 11 is 0. The van der Waals surface area contributed by atoms with Gasteiger partial charge in [0.2, 0.25) is 15.9 Å². The van der Waals surface area contributed by atoms with E-state index in [0.717, 1.165) is 10.9 Å². The third kappa shape index (κ3) is 4.34. The lowest BCUT2D eigenvalue weighted by Gasteiger charge is -2.28. The second-order valence-electron chi connectivity index (χ2n) is 6.67. The van der Waals surface area contributed by atoms with Crippen LogP contribution in [0.15, 0.2) is 35.5 Å². The van der Waals surface area contributed by atoms with E-state index in [1.54, 1.807) is 29.4 Å². The molecule has 0 radical (unpaired) electrons. The highest BCUT2D eigenvalue weighted by Crippen LogP contribution is 2.29. The predicted octanol–water partition coefficient (Wildman–Crippen LogP) is 2.14. The molecule has 2 aromatic rings. The molecule has 8 heteroatoms. The third-order valence-corrected chi connectivity index (χ3v) is 6.89. The molecule has 2 heterocycles. The van der Waals surface area contributed by atoms with Gasteiger partial charge < -0.3 is 10.6 Å². The number of carbonyl (C=O) groups is 1. The van der Waals surface area contributed by atoms with Gasteiger partial charge in [-0.05, 0) is 31.9 Å². The highest BCUT2D eigenvalue weighted by atomic mass is 32.2. The summed E-state index contributed by atoms with van der Waals surface area (Å²) in [5.41, 5.74) is 6.28. The Hall–Kier alpha value is -2.03. The molecule has 28 heavy (non-hydrogen) atoms. The number of amides is 1. The number of sulfonamides is 1. The van der Waals surface area contributed by atoms with Crippen LogP contribution in [0.3, 0.4) is 0 Å². The molecule has 1 aliphatic heterocycles. The zero-order valence-corrected chi connectivity index (χ0v) is 17.9. The van der Waals surface area contributed by atoms with E-state index < -0.39 is 10.0 Å². The molecular formula is C20H30N4O3S. The first-order valence-corrected chi connectivity index (χ1v) is 11.1. The average Bonchev–Trinajstić information content (AvgIpc) is 2.90. The molecule has 1 saturated heterocycles. The van der Waals surface area contributed by atoms with Gasteiger partial charge in [0.1, 0.15) is 0 Å². The lowest BCUT2D eigenvalue weighted by atomic mass is 10.1. The van der Waals surface area contributed by atoms with Gasteiger partial charge in [-0.2, -0.15) is 4.31 Å². The number of rotatable bonds is 3. The maximum atomic E-state index is 13.4. The molecule has 1 fully saturated rings. The number of nitrogens with zero attached hydrogens (tertiary/aromatic N) is 3. The van der Waals surface area contributed by atoms with Crippen LogP contribution >= 0.6 is 0 Å². The summed E-state index contributed by atoms with van der Waals surface area (Å²) in [5.74, 6) is -0.150. The molecule has 1 aromatic carbocycles. The molecule has 3 rings (SSSR count). The molecule has 0 bridgehead atoms. The second-order valence-corrected chi connectivity index (χ2v) is 8.53. The highest BCUT2D eigenvalue weighted by molar-refractivity contribution is 7.89. The van der Waals surface area contributed by atoms with Gasteiger partial charge in [0, 0.05) is 48.8 Å². The monoisotopic (exact) mass is 406 g/mol. The SMILES string of the molecule is CC.Cc1cncc2cccc(S(=O)(=O)N3CCCN(C(=O)CN)C[C@@H]3C)c12. The summed E-state index contributed by atoms with van der Waals surface area (Å²) in [7, 11) is -3.70. The van der Waals surface area contributed by atoms with Crippen molar-refractivity contribution >= 4 is 26.7 Å². The Morgan fingerprint density at radius 1 is 1.25 bits per heavy atom. The fourth-order valence-electron chi connectivity index (χ4n) is 3.56. The minimum Gasteiger partial charge on any atom is -0.340 e. The molecule has 1 amide bonds. The fourth-order valence-corrected chi connectivity index (χ4v) is 5.51. The number of benzene rings is 1. The molecule has 0 spiro atoms. The van der Waals surface area contributed by atoms with Crippen molar-refractivity contribution in [3.8, 4) is 0 Å². The summed E-state index contributed by atoms with van der Waals surface area (Å²) in [6.45, 7) is 8.87. The number of aryl methyl sites for hydroxylation is 1. The van der Waals surface area contributed by atoms with Crippen molar-refractivity contribution in [2.24, 2.45) is 5.73 Å². The number of aromatic nitrogens is 1. The van der Waals surface area contributed by atoms with E-state index in [9.17, 15) is 13.2 Å².